The predicted molar refractivity (Wildman–Crippen MR) is 123 cm³/mol. The SMILES string of the molecule is COc1ccc(N2CCN(c3ncc4c(n3)C[C@@H](c3ccccc3O)CC4=O)CC2)cc1. The standard InChI is InChI=1S/C25H26N4O3/c1-32-19-8-6-18(7-9-19)28-10-12-29(13-11-28)25-26-16-21-22(27-25)14-17(15-24(21)31)20-4-2-3-5-23(20)30/h2-9,16-17,30H,10-15H2,1H3/t17-/m1/s1. The summed E-state index contributed by atoms with van der Waals surface area (Å²) in [6.07, 6.45) is 2.67. The van der Waals surface area contributed by atoms with Gasteiger partial charge in [0.15, 0.2) is 5.78 Å². The Morgan fingerprint density at radius 2 is 1.69 bits per heavy atom. The van der Waals surface area contributed by atoms with E-state index in [-0.39, 0.29) is 17.5 Å². The third-order valence-corrected chi connectivity index (χ3v) is 6.40. The second-order valence-corrected chi connectivity index (χ2v) is 8.29. The molecule has 1 aliphatic carbocycles. The Hall–Kier alpha value is -3.61. The summed E-state index contributed by atoms with van der Waals surface area (Å²) in [5.74, 6) is 1.73. The summed E-state index contributed by atoms with van der Waals surface area (Å²) < 4.78 is 5.25. The van der Waals surface area contributed by atoms with Crippen molar-refractivity contribution in [2.75, 3.05) is 43.1 Å². The van der Waals surface area contributed by atoms with Crippen LogP contribution in [0.25, 0.3) is 0 Å². The first-order chi connectivity index (χ1) is 15.6. The van der Waals surface area contributed by atoms with E-state index in [0.717, 1.165) is 43.2 Å². The molecule has 7 nitrogen and oxygen atoms in total. The summed E-state index contributed by atoms with van der Waals surface area (Å²) in [5, 5.41) is 10.2. The third kappa shape index (κ3) is 3.86. The fourth-order valence-corrected chi connectivity index (χ4v) is 4.60. The number of carbonyl (C=O) groups excluding carboxylic acids is 1. The van der Waals surface area contributed by atoms with Crippen LogP contribution in [0, 0.1) is 0 Å². The molecule has 5 rings (SSSR count). The number of anilines is 2. The van der Waals surface area contributed by atoms with Crippen molar-refractivity contribution in [3.8, 4) is 11.5 Å². The Labute approximate surface area is 187 Å². The van der Waals surface area contributed by atoms with Crippen molar-refractivity contribution in [3.63, 3.8) is 0 Å². The predicted octanol–water partition coefficient (Wildman–Crippen LogP) is 3.43. The summed E-state index contributed by atoms with van der Waals surface area (Å²) >= 11 is 0. The number of ether oxygens (including phenoxy) is 1. The van der Waals surface area contributed by atoms with Crippen LogP contribution >= 0.6 is 0 Å². The van der Waals surface area contributed by atoms with Gasteiger partial charge < -0.3 is 19.6 Å². The second kappa shape index (κ2) is 8.49. The molecule has 1 saturated heterocycles. The van der Waals surface area contributed by atoms with Gasteiger partial charge in [0, 0.05) is 50.4 Å². The number of ketones is 1. The van der Waals surface area contributed by atoms with Crippen LogP contribution in [0.15, 0.2) is 54.7 Å². The van der Waals surface area contributed by atoms with E-state index < -0.39 is 0 Å². The summed E-state index contributed by atoms with van der Waals surface area (Å²) in [5.41, 5.74) is 3.36. The Bertz CT molecular complexity index is 1120. The highest BCUT2D eigenvalue weighted by Gasteiger charge is 2.30. The number of Topliss-reactive ketones (excluding diaryl/α,β-unsaturated/α-hetero) is 1. The van der Waals surface area contributed by atoms with Crippen LogP contribution in [0.2, 0.25) is 0 Å². The Morgan fingerprint density at radius 1 is 0.969 bits per heavy atom. The van der Waals surface area contributed by atoms with Crippen LogP contribution in [0.4, 0.5) is 11.6 Å². The summed E-state index contributed by atoms with van der Waals surface area (Å²) in [6.45, 7) is 3.35. The zero-order chi connectivity index (χ0) is 22.1. The number of phenolic OH excluding ortho intramolecular Hbond substituents is 1. The molecule has 164 valence electrons. The van der Waals surface area contributed by atoms with E-state index in [1.165, 1.54) is 5.69 Å². The minimum Gasteiger partial charge on any atom is -0.508 e. The van der Waals surface area contributed by atoms with Gasteiger partial charge in [0.05, 0.1) is 18.4 Å². The first-order valence-corrected chi connectivity index (χ1v) is 10.9. The van der Waals surface area contributed by atoms with Gasteiger partial charge in [0.25, 0.3) is 0 Å². The van der Waals surface area contributed by atoms with Crippen molar-refractivity contribution in [1.82, 2.24) is 9.97 Å². The first kappa shape index (κ1) is 20.3. The number of hydrogen-bond acceptors (Lipinski definition) is 7. The number of carbonyl (C=O) groups is 1. The minimum atomic E-state index is -0.0640. The molecule has 0 saturated carbocycles. The number of para-hydroxylation sites is 1. The quantitative estimate of drug-likeness (QED) is 0.679. The molecule has 0 spiro atoms. The maximum absolute atomic E-state index is 12.7. The number of aromatic nitrogens is 2. The van der Waals surface area contributed by atoms with E-state index in [2.05, 4.69) is 26.9 Å². The summed E-state index contributed by atoms with van der Waals surface area (Å²) in [6, 6.07) is 15.4. The monoisotopic (exact) mass is 430 g/mol. The van der Waals surface area contributed by atoms with Crippen molar-refractivity contribution in [3.05, 3.63) is 71.5 Å². The number of piperazine rings is 1. The number of methoxy groups -OCH3 is 1. The fourth-order valence-electron chi connectivity index (χ4n) is 4.60. The van der Waals surface area contributed by atoms with Crippen LogP contribution < -0.4 is 14.5 Å². The molecule has 2 heterocycles. The minimum absolute atomic E-state index is 0.0374. The maximum atomic E-state index is 12.7. The highest BCUT2D eigenvalue weighted by molar-refractivity contribution is 5.98. The molecule has 1 fully saturated rings. The molecule has 2 aliphatic rings. The van der Waals surface area contributed by atoms with E-state index in [4.69, 9.17) is 9.72 Å². The number of hydrogen-bond donors (Lipinski definition) is 1. The van der Waals surface area contributed by atoms with Gasteiger partial charge in [0.2, 0.25) is 5.95 Å². The normalized spacial score (nSPS) is 18.4. The third-order valence-electron chi connectivity index (χ3n) is 6.40. The van der Waals surface area contributed by atoms with E-state index in [1.54, 1.807) is 25.4 Å². The van der Waals surface area contributed by atoms with Crippen LogP contribution in [-0.4, -0.2) is 54.1 Å². The molecule has 7 heteroatoms. The number of benzene rings is 2. The lowest BCUT2D eigenvalue weighted by molar-refractivity contribution is 0.0962. The van der Waals surface area contributed by atoms with Crippen molar-refractivity contribution >= 4 is 17.4 Å². The molecule has 3 aromatic rings. The zero-order valence-corrected chi connectivity index (χ0v) is 18.1. The topological polar surface area (TPSA) is 78.8 Å². The molecule has 1 aromatic heterocycles. The first-order valence-electron chi connectivity index (χ1n) is 10.9. The van der Waals surface area contributed by atoms with Crippen LogP contribution in [0.1, 0.15) is 34.0 Å². The number of aromatic hydroxyl groups is 1. The largest absolute Gasteiger partial charge is 0.508 e. The average Bonchev–Trinajstić information content (AvgIpc) is 2.84. The highest BCUT2D eigenvalue weighted by Crippen LogP contribution is 2.36. The molecule has 32 heavy (non-hydrogen) atoms. The summed E-state index contributed by atoms with van der Waals surface area (Å²) in [7, 11) is 1.67. The van der Waals surface area contributed by atoms with E-state index in [9.17, 15) is 9.90 Å². The number of rotatable bonds is 4. The summed E-state index contributed by atoms with van der Waals surface area (Å²) in [4.78, 5) is 26.5. The lowest BCUT2D eigenvalue weighted by Crippen LogP contribution is -2.47. The second-order valence-electron chi connectivity index (χ2n) is 8.29. The van der Waals surface area contributed by atoms with Gasteiger partial charge >= 0.3 is 0 Å². The van der Waals surface area contributed by atoms with Crippen molar-refractivity contribution in [2.45, 2.75) is 18.8 Å². The number of nitrogens with zero attached hydrogens (tertiary/aromatic N) is 4. The van der Waals surface area contributed by atoms with Crippen LogP contribution in [0.3, 0.4) is 0 Å². The molecule has 0 amide bonds. The Morgan fingerprint density at radius 3 is 2.41 bits per heavy atom. The lowest BCUT2D eigenvalue weighted by Gasteiger charge is -2.36. The molecule has 1 aliphatic heterocycles. The molecule has 2 aromatic carbocycles. The van der Waals surface area contributed by atoms with Crippen molar-refractivity contribution in [2.24, 2.45) is 0 Å². The molecule has 0 radical (unpaired) electrons. The number of phenols is 1. The molecule has 0 bridgehead atoms. The van der Waals surface area contributed by atoms with Gasteiger partial charge in [-0.25, -0.2) is 9.97 Å². The van der Waals surface area contributed by atoms with Crippen molar-refractivity contribution in [1.29, 1.82) is 0 Å². The van der Waals surface area contributed by atoms with Crippen molar-refractivity contribution < 1.29 is 14.6 Å². The average molecular weight is 431 g/mol. The van der Waals surface area contributed by atoms with Gasteiger partial charge in [-0.3, -0.25) is 4.79 Å². The van der Waals surface area contributed by atoms with Gasteiger partial charge in [-0.05, 0) is 42.3 Å². The van der Waals surface area contributed by atoms with Gasteiger partial charge in [-0.15, -0.1) is 0 Å². The molecule has 1 atom stereocenters. The number of fused-ring (bicyclic) bond motifs is 1. The molecule has 0 unspecified atom stereocenters. The maximum Gasteiger partial charge on any atom is 0.225 e. The van der Waals surface area contributed by atoms with Crippen LogP contribution in [-0.2, 0) is 6.42 Å². The molecular formula is C25H26N4O3. The fraction of sp³-hybridized carbons (Fsp3) is 0.320. The van der Waals surface area contributed by atoms with Gasteiger partial charge in [-0.1, -0.05) is 18.2 Å². The van der Waals surface area contributed by atoms with E-state index in [1.807, 2.05) is 24.3 Å². The van der Waals surface area contributed by atoms with E-state index in [0.29, 0.717) is 24.4 Å². The Kier molecular flexibility index (Phi) is 5.39. The zero-order valence-electron chi connectivity index (χ0n) is 18.1. The smallest absolute Gasteiger partial charge is 0.225 e. The molecule has 1 N–H and O–H groups in total. The van der Waals surface area contributed by atoms with Gasteiger partial charge in [-0.2, -0.15) is 0 Å². The molecular weight excluding hydrogens is 404 g/mol. The van der Waals surface area contributed by atoms with Gasteiger partial charge in [0.1, 0.15) is 11.5 Å². The Balaban J connectivity index is 1.31. The van der Waals surface area contributed by atoms with E-state index >= 15 is 0 Å². The van der Waals surface area contributed by atoms with Crippen LogP contribution in [0.5, 0.6) is 11.5 Å². The lowest BCUT2D eigenvalue weighted by atomic mass is 9.82. The highest BCUT2D eigenvalue weighted by atomic mass is 16.5.